The molecule has 0 radical (unpaired) electrons. The van der Waals surface area contributed by atoms with Crippen LogP contribution in [0.25, 0.3) is 85.4 Å². The van der Waals surface area contributed by atoms with Crippen LogP contribution in [-0.2, 0) is 0 Å². The molecule has 0 aliphatic heterocycles. The van der Waals surface area contributed by atoms with Gasteiger partial charge in [0.15, 0.2) is 0 Å². The summed E-state index contributed by atoms with van der Waals surface area (Å²) in [5.74, 6) is 0. The predicted molar refractivity (Wildman–Crippen MR) is 193 cm³/mol. The van der Waals surface area contributed by atoms with Gasteiger partial charge in [-0.15, -0.1) is 0 Å². The van der Waals surface area contributed by atoms with Gasteiger partial charge in [-0.2, -0.15) is 0 Å². The summed E-state index contributed by atoms with van der Waals surface area (Å²) in [6, 6.07) is 58.1. The van der Waals surface area contributed by atoms with Gasteiger partial charge in [-0.3, -0.25) is 0 Å². The average molecular weight is 638 g/mol. The van der Waals surface area contributed by atoms with Crippen LogP contribution in [0.1, 0.15) is 0 Å². The molecule has 210 valence electrons. The molecule has 3 heterocycles. The number of para-hydroxylation sites is 3. The van der Waals surface area contributed by atoms with Gasteiger partial charge in [-0.05, 0) is 18.2 Å². The first-order valence-electron chi connectivity index (χ1n) is 15.4. The minimum atomic E-state index is 0.379. The van der Waals surface area contributed by atoms with E-state index in [9.17, 15) is 0 Å². The van der Waals surface area contributed by atoms with Crippen molar-refractivity contribution in [3.05, 3.63) is 158 Å². The Bertz CT molecular complexity index is 2760. The van der Waals surface area contributed by atoms with Crippen molar-refractivity contribution < 1.29 is 0 Å². The van der Waals surface area contributed by atoms with Crippen LogP contribution >= 0.6 is 0 Å². The normalized spacial score (nSPS) is 12.0. The molecule has 0 atom stereocenters. The molecular weight excluding hydrogens is 611 g/mol. The standard InChI is InChI=1S/C42H26N2Se/c1-2-12-29(13-3-1)43-37-18-7-4-15-31(37)34-26-40-35(25-39(34)43)32-16-5-8-19-38(32)44(40)30-14-10-11-27(23-30)28-21-22-42-36(24-28)33-17-6-9-20-41(33)45-42/h1-26H. The molecule has 0 aliphatic carbocycles. The molecule has 45 heavy (non-hydrogen) atoms. The van der Waals surface area contributed by atoms with E-state index in [-0.39, 0.29) is 0 Å². The zero-order valence-corrected chi connectivity index (χ0v) is 26.0. The van der Waals surface area contributed by atoms with Crippen LogP contribution in [0, 0.1) is 0 Å². The van der Waals surface area contributed by atoms with Crippen molar-refractivity contribution in [2.45, 2.75) is 0 Å². The molecule has 0 spiro atoms. The third kappa shape index (κ3) is 3.69. The summed E-state index contributed by atoms with van der Waals surface area (Å²) in [5, 5.41) is 7.85. The molecule has 0 N–H and O–H groups in total. The van der Waals surface area contributed by atoms with E-state index in [1.807, 2.05) is 0 Å². The van der Waals surface area contributed by atoms with Crippen LogP contribution < -0.4 is 0 Å². The fourth-order valence-electron chi connectivity index (χ4n) is 7.29. The first-order chi connectivity index (χ1) is 22.3. The number of nitrogens with zero attached hydrogens (tertiary/aromatic N) is 2. The van der Waals surface area contributed by atoms with Crippen molar-refractivity contribution in [3.8, 4) is 22.5 Å². The molecule has 0 saturated heterocycles. The van der Waals surface area contributed by atoms with E-state index < -0.39 is 0 Å². The SMILES string of the molecule is c1ccc(-n2c3ccccc3c3cc4c(cc32)c2ccccc2n4-c2cccc(-c3ccc4[se]c5ccccc5c4c3)c2)cc1. The molecule has 0 bridgehead atoms. The zero-order chi connectivity index (χ0) is 29.5. The van der Waals surface area contributed by atoms with Crippen LogP contribution in [0.15, 0.2) is 158 Å². The molecule has 3 heteroatoms. The zero-order valence-electron chi connectivity index (χ0n) is 24.3. The van der Waals surface area contributed by atoms with Crippen LogP contribution in [0.3, 0.4) is 0 Å². The number of rotatable bonds is 3. The first kappa shape index (κ1) is 25.0. The van der Waals surface area contributed by atoms with E-state index in [1.54, 1.807) is 0 Å². The molecule has 0 unspecified atom stereocenters. The molecule has 0 aliphatic rings. The van der Waals surface area contributed by atoms with Gasteiger partial charge in [-0.1, -0.05) is 36.4 Å². The summed E-state index contributed by atoms with van der Waals surface area (Å²) in [6.07, 6.45) is 0. The van der Waals surface area contributed by atoms with Gasteiger partial charge in [0, 0.05) is 5.69 Å². The van der Waals surface area contributed by atoms with Crippen molar-refractivity contribution in [2.75, 3.05) is 0 Å². The Balaban J connectivity index is 1.24. The summed E-state index contributed by atoms with van der Waals surface area (Å²) >= 11 is 0.379. The Morgan fingerprint density at radius 3 is 1.60 bits per heavy atom. The molecule has 2 nitrogen and oxygen atoms in total. The Labute approximate surface area is 265 Å². The summed E-state index contributed by atoms with van der Waals surface area (Å²) in [4.78, 5) is 0. The second-order valence-corrected chi connectivity index (χ2v) is 14.1. The van der Waals surface area contributed by atoms with Crippen molar-refractivity contribution >= 4 is 77.4 Å². The molecule has 3 aromatic heterocycles. The molecule has 10 aromatic rings. The number of benzene rings is 7. The molecular formula is C42H26N2Se. The van der Waals surface area contributed by atoms with Crippen molar-refractivity contribution in [1.29, 1.82) is 0 Å². The van der Waals surface area contributed by atoms with E-state index in [1.165, 1.54) is 85.4 Å². The van der Waals surface area contributed by atoms with Gasteiger partial charge in [0.1, 0.15) is 0 Å². The van der Waals surface area contributed by atoms with E-state index >= 15 is 0 Å². The monoisotopic (exact) mass is 638 g/mol. The van der Waals surface area contributed by atoms with E-state index in [2.05, 4.69) is 167 Å². The van der Waals surface area contributed by atoms with Crippen molar-refractivity contribution in [3.63, 3.8) is 0 Å². The van der Waals surface area contributed by atoms with Gasteiger partial charge >= 0.3 is 196 Å². The second kappa shape index (κ2) is 9.58. The van der Waals surface area contributed by atoms with Gasteiger partial charge in [0.05, 0.1) is 5.52 Å². The minimum Gasteiger partial charge on any atom is -0.0602 e. The summed E-state index contributed by atoms with van der Waals surface area (Å²) in [5.41, 5.74) is 9.75. The third-order valence-corrected chi connectivity index (χ3v) is 11.7. The first-order valence-corrected chi connectivity index (χ1v) is 17.1. The third-order valence-electron chi connectivity index (χ3n) is 9.29. The van der Waals surface area contributed by atoms with E-state index in [0.717, 1.165) is 0 Å². The predicted octanol–water partition coefficient (Wildman–Crippen LogP) is 10.9. The van der Waals surface area contributed by atoms with Crippen molar-refractivity contribution in [1.82, 2.24) is 9.13 Å². The second-order valence-electron chi connectivity index (χ2n) is 11.8. The van der Waals surface area contributed by atoms with Crippen LogP contribution in [0.5, 0.6) is 0 Å². The van der Waals surface area contributed by atoms with Gasteiger partial charge in [0.25, 0.3) is 0 Å². The maximum Gasteiger partial charge on any atom is -0.0380 e. The number of fused-ring (bicyclic) bond motifs is 9. The summed E-state index contributed by atoms with van der Waals surface area (Å²) in [6.45, 7) is 0. The van der Waals surface area contributed by atoms with Crippen LogP contribution in [-0.4, -0.2) is 23.6 Å². The maximum absolute atomic E-state index is 2.45. The average Bonchev–Trinajstić information content (AvgIpc) is 3.75. The molecule has 7 aromatic carbocycles. The summed E-state index contributed by atoms with van der Waals surface area (Å²) in [7, 11) is 0. The minimum absolute atomic E-state index is 0.379. The quantitative estimate of drug-likeness (QED) is 0.171. The van der Waals surface area contributed by atoms with Crippen LogP contribution in [0.4, 0.5) is 0 Å². The summed E-state index contributed by atoms with van der Waals surface area (Å²) < 4.78 is 7.82. The van der Waals surface area contributed by atoms with Crippen molar-refractivity contribution in [2.24, 2.45) is 0 Å². The van der Waals surface area contributed by atoms with Gasteiger partial charge < -0.3 is 4.57 Å². The fraction of sp³-hybridized carbons (Fsp3) is 0. The largest absolute Gasteiger partial charge is 0.0602 e. The van der Waals surface area contributed by atoms with E-state index in [0.29, 0.717) is 14.5 Å². The number of hydrogen-bond donors (Lipinski definition) is 0. The van der Waals surface area contributed by atoms with Crippen LogP contribution in [0.2, 0.25) is 0 Å². The molecule has 0 saturated carbocycles. The molecule has 0 fully saturated rings. The maximum atomic E-state index is 2.45. The van der Waals surface area contributed by atoms with Gasteiger partial charge in [-0.25, -0.2) is 0 Å². The fourth-order valence-corrected chi connectivity index (χ4v) is 9.57. The molecule has 10 rings (SSSR count). The topological polar surface area (TPSA) is 9.86 Å². The van der Waals surface area contributed by atoms with Gasteiger partial charge in [0.2, 0.25) is 0 Å². The Kier molecular flexibility index (Phi) is 5.33. The van der Waals surface area contributed by atoms with E-state index in [4.69, 9.17) is 0 Å². The number of hydrogen-bond acceptors (Lipinski definition) is 0. The Morgan fingerprint density at radius 1 is 0.311 bits per heavy atom. The Morgan fingerprint density at radius 2 is 0.867 bits per heavy atom. The molecule has 0 amide bonds. The Hall–Kier alpha value is -5.34. The smallest absolute Gasteiger partial charge is 0.0380 e. The number of aromatic nitrogens is 2.